The van der Waals surface area contributed by atoms with Crippen LogP contribution in [0.5, 0.6) is 5.75 Å². The number of aromatic nitrogens is 3. The van der Waals surface area contributed by atoms with Crippen LogP contribution >= 0.6 is 11.3 Å². The molecule has 0 aliphatic heterocycles. The third-order valence-corrected chi connectivity index (χ3v) is 5.76. The summed E-state index contributed by atoms with van der Waals surface area (Å²) >= 11 is 1.39. The van der Waals surface area contributed by atoms with Crippen molar-refractivity contribution in [2.45, 2.75) is 20.5 Å². The molecular weight excluding hydrogens is 400 g/mol. The van der Waals surface area contributed by atoms with Crippen molar-refractivity contribution in [3.05, 3.63) is 59.4 Å². The molecule has 0 radical (unpaired) electrons. The predicted molar refractivity (Wildman–Crippen MR) is 118 cm³/mol. The number of carbonyl (C=O) groups is 1. The van der Waals surface area contributed by atoms with E-state index in [1.54, 1.807) is 11.8 Å². The zero-order valence-corrected chi connectivity index (χ0v) is 18.0. The molecule has 0 atom stereocenters. The SMILES string of the molecule is COc1cc(C)ccc1-c1nc(C)c(NC(=O)OCc2ccc3nn(C)cc3c2)s1. The molecule has 0 fully saturated rings. The zero-order chi connectivity index (χ0) is 21.3. The monoisotopic (exact) mass is 422 g/mol. The second-order valence-corrected chi connectivity index (χ2v) is 8.03. The highest BCUT2D eigenvalue weighted by Crippen LogP contribution is 2.37. The van der Waals surface area contributed by atoms with E-state index in [0.717, 1.165) is 44.0 Å². The highest BCUT2D eigenvalue weighted by atomic mass is 32.1. The molecule has 2 aromatic carbocycles. The molecule has 1 N–H and O–H groups in total. The maximum Gasteiger partial charge on any atom is 0.412 e. The Morgan fingerprint density at radius 2 is 2.03 bits per heavy atom. The van der Waals surface area contributed by atoms with Gasteiger partial charge in [0.25, 0.3) is 0 Å². The van der Waals surface area contributed by atoms with Crippen molar-refractivity contribution >= 4 is 33.3 Å². The summed E-state index contributed by atoms with van der Waals surface area (Å²) in [5, 5.41) is 9.58. The van der Waals surface area contributed by atoms with Crippen molar-refractivity contribution in [2.75, 3.05) is 12.4 Å². The van der Waals surface area contributed by atoms with Crippen LogP contribution in [-0.2, 0) is 18.4 Å². The smallest absolute Gasteiger partial charge is 0.412 e. The minimum absolute atomic E-state index is 0.174. The molecule has 4 aromatic rings. The fourth-order valence-corrected chi connectivity index (χ4v) is 4.15. The molecule has 0 unspecified atom stereocenters. The van der Waals surface area contributed by atoms with Crippen LogP contribution in [0.2, 0.25) is 0 Å². The number of fused-ring (bicyclic) bond motifs is 1. The van der Waals surface area contributed by atoms with Gasteiger partial charge in [0.05, 0.1) is 23.9 Å². The fraction of sp³-hybridized carbons (Fsp3) is 0.227. The van der Waals surface area contributed by atoms with Gasteiger partial charge < -0.3 is 9.47 Å². The van der Waals surface area contributed by atoms with Crippen molar-refractivity contribution < 1.29 is 14.3 Å². The van der Waals surface area contributed by atoms with Crippen molar-refractivity contribution in [3.8, 4) is 16.3 Å². The van der Waals surface area contributed by atoms with Crippen LogP contribution < -0.4 is 10.1 Å². The number of hydrogen-bond donors (Lipinski definition) is 1. The number of benzene rings is 2. The van der Waals surface area contributed by atoms with E-state index in [1.165, 1.54) is 11.3 Å². The summed E-state index contributed by atoms with van der Waals surface area (Å²) < 4.78 is 12.6. The minimum atomic E-state index is -0.518. The molecule has 4 rings (SSSR count). The van der Waals surface area contributed by atoms with Crippen molar-refractivity contribution in [1.29, 1.82) is 0 Å². The third kappa shape index (κ3) is 4.13. The van der Waals surface area contributed by atoms with Crippen molar-refractivity contribution in [3.63, 3.8) is 0 Å². The molecule has 0 bridgehead atoms. The molecule has 0 aliphatic rings. The number of aryl methyl sites for hydroxylation is 3. The van der Waals surface area contributed by atoms with E-state index in [-0.39, 0.29) is 6.61 Å². The van der Waals surface area contributed by atoms with Crippen LogP contribution in [0, 0.1) is 13.8 Å². The quantitative estimate of drug-likeness (QED) is 0.486. The van der Waals surface area contributed by atoms with Gasteiger partial charge in [-0.1, -0.05) is 23.5 Å². The fourth-order valence-electron chi connectivity index (χ4n) is 3.17. The van der Waals surface area contributed by atoms with Crippen molar-refractivity contribution in [2.24, 2.45) is 7.05 Å². The molecule has 0 aliphatic carbocycles. The standard InChI is InChI=1S/C22H22N4O3S/c1-13-5-7-17(19(9-13)28-4)21-23-14(2)20(30-21)24-22(27)29-12-15-6-8-18-16(10-15)11-26(3)25-18/h5-11H,12H2,1-4H3,(H,24,27). The van der Waals surface area contributed by atoms with E-state index < -0.39 is 6.09 Å². The summed E-state index contributed by atoms with van der Waals surface area (Å²) in [5.41, 5.74) is 4.53. The Morgan fingerprint density at radius 3 is 2.83 bits per heavy atom. The first kappa shape index (κ1) is 19.9. The van der Waals surface area contributed by atoms with Crippen LogP contribution in [-0.4, -0.2) is 28.0 Å². The molecule has 2 aromatic heterocycles. The number of ether oxygens (including phenoxy) is 2. The number of hydrogen-bond acceptors (Lipinski definition) is 6. The average molecular weight is 423 g/mol. The van der Waals surface area contributed by atoms with Gasteiger partial charge in [-0.15, -0.1) is 0 Å². The number of methoxy groups -OCH3 is 1. The van der Waals surface area contributed by atoms with E-state index in [0.29, 0.717) is 5.00 Å². The summed E-state index contributed by atoms with van der Waals surface area (Å²) in [5.74, 6) is 0.753. The minimum Gasteiger partial charge on any atom is -0.496 e. The van der Waals surface area contributed by atoms with Crippen LogP contribution in [0.15, 0.2) is 42.6 Å². The molecule has 1 amide bonds. The Labute approximate surface area is 178 Å². The molecule has 154 valence electrons. The van der Waals surface area contributed by atoms with Gasteiger partial charge >= 0.3 is 6.09 Å². The summed E-state index contributed by atoms with van der Waals surface area (Å²) in [7, 11) is 3.51. The van der Waals surface area contributed by atoms with Gasteiger partial charge in [0.2, 0.25) is 0 Å². The van der Waals surface area contributed by atoms with E-state index >= 15 is 0 Å². The molecule has 0 saturated carbocycles. The van der Waals surface area contributed by atoms with Gasteiger partial charge in [-0.25, -0.2) is 9.78 Å². The Balaban J connectivity index is 1.44. The van der Waals surface area contributed by atoms with E-state index in [2.05, 4.69) is 15.4 Å². The Kier molecular flexibility index (Phi) is 5.41. The maximum atomic E-state index is 12.3. The van der Waals surface area contributed by atoms with Gasteiger partial charge in [0.15, 0.2) is 0 Å². The molecule has 2 heterocycles. The summed E-state index contributed by atoms with van der Waals surface area (Å²) in [6.07, 6.45) is 1.41. The summed E-state index contributed by atoms with van der Waals surface area (Å²) in [6.45, 7) is 4.04. The number of anilines is 1. The van der Waals surface area contributed by atoms with Gasteiger partial charge in [-0.2, -0.15) is 5.10 Å². The van der Waals surface area contributed by atoms with E-state index in [1.807, 2.05) is 63.5 Å². The van der Waals surface area contributed by atoms with Crippen molar-refractivity contribution in [1.82, 2.24) is 14.8 Å². The Bertz CT molecular complexity index is 1230. The van der Waals surface area contributed by atoms with Crippen LogP contribution in [0.1, 0.15) is 16.8 Å². The number of nitrogens with zero attached hydrogens (tertiary/aromatic N) is 3. The molecule has 30 heavy (non-hydrogen) atoms. The maximum absolute atomic E-state index is 12.3. The van der Waals surface area contributed by atoms with Crippen LogP contribution in [0.3, 0.4) is 0 Å². The molecule has 8 heteroatoms. The van der Waals surface area contributed by atoms with Gasteiger partial charge in [-0.05, 0) is 49.2 Å². The lowest BCUT2D eigenvalue weighted by atomic mass is 10.1. The average Bonchev–Trinajstić information content (AvgIpc) is 3.27. The molecule has 7 nitrogen and oxygen atoms in total. The molecular formula is C22H22N4O3S. The summed E-state index contributed by atoms with van der Waals surface area (Å²) in [4.78, 5) is 16.9. The molecule has 0 saturated heterocycles. The third-order valence-electron chi connectivity index (χ3n) is 4.65. The number of amides is 1. The van der Waals surface area contributed by atoms with Crippen LogP contribution in [0.25, 0.3) is 21.5 Å². The lowest BCUT2D eigenvalue weighted by Gasteiger charge is -2.07. The lowest BCUT2D eigenvalue weighted by Crippen LogP contribution is -2.13. The topological polar surface area (TPSA) is 78.3 Å². The van der Waals surface area contributed by atoms with E-state index in [9.17, 15) is 4.79 Å². The van der Waals surface area contributed by atoms with Gasteiger partial charge in [0, 0.05) is 18.6 Å². The van der Waals surface area contributed by atoms with Crippen LogP contribution in [0.4, 0.5) is 9.80 Å². The summed E-state index contributed by atoms with van der Waals surface area (Å²) in [6, 6.07) is 11.7. The first-order valence-corrected chi connectivity index (χ1v) is 10.2. The lowest BCUT2D eigenvalue weighted by molar-refractivity contribution is 0.155. The second-order valence-electron chi connectivity index (χ2n) is 7.03. The van der Waals surface area contributed by atoms with Gasteiger partial charge in [-0.3, -0.25) is 10.00 Å². The van der Waals surface area contributed by atoms with Gasteiger partial charge in [0.1, 0.15) is 22.4 Å². The Morgan fingerprint density at radius 1 is 1.20 bits per heavy atom. The normalized spacial score (nSPS) is 10.9. The highest BCUT2D eigenvalue weighted by molar-refractivity contribution is 7.19. The predicted octanol–water partition coefficient (Wildman–Crippen LogP) is 5.07. The Hall–Kier alpha value is -3.39. The largest absolute Gasteiger partial charge is 0.496 e. The number of thiazole rings is 1. The number of carbonyl (C=O) groups excluding carboxylic acids is 1. The molecule has 0 spiro atoms. The first-order valence-electron chi connectivity index (χ1n) is 9.41. The zero-order valence-electron chi connectivity index (χ0n) is 17.2. The number of rotatable bonds is 5. The van der Waals surface area contributed by atoms with E-state index in [4.69, 9.17) is 9.47 Å². The second kappa shape index (κ2) is 8.16. The first-order chi connectivity index (χ1) is 14.4. The highest BCUT2D eigenvalue weighted by Gasteiger charge is 2.16. The number of nitrogens with one attached hydrogen (secondary N) is 1.